The Morgan fingerprint density at radius 1 is 1.56 bits per heavy atom. The van der Waals surface area contributed by atoms with Crippen molar-refractivity contribution in [1.82, 2.24) is 5.32 Å². The molecule has 1 heterocycles. The van der Waals surface area contributed by atoms with Gasteiger partial charge in [0.15, 0.2) is 0 Å². The molecular weight excluding hydrogens is 230 g/mol. The van der Waals surface area contributed by atoms with Crippen LogP contribution in [0, 0.1) is 11.8 Å². The number of hydrogen-bond acceptors (Lipinski definition) is 3. The monoisotopic (exact) mass is 251 g/mol. The van der Waals surface area contributed by atoms with Crippen molar-refractivity contribution >= 4 is 5.97 Å². The molecular formula is C14H21NO3. The van der Waals surface area contributed by atoms with E-state index in [1.807, 2.05) is 6.07 Å². The zero-order valence-corrected chi connectivity index (χ0v) is 10.8. The van der Waals surface area contributed by atoms with Gasteiger partial charge in [0.25, 0.3) is 0 Å². The first kappa shape index (κ1) is 13.1. The van der Waals surface area contributed by atoms with Gasteiger partial charge in [0.05, 0.1) is 18.4 Å². The van der Waals surface area contributed by atoms with Crippen LogP contribution < -0.4 is 5.32 Å². The lowest BCUT2D eigenvalue weighted by Crippen LogP contribution is -2.35. The molecule has 0 bridgehead atoms. The molecule has 1 aromatic rings. The summed E-state index contributed by atoms with van der Waals surface area (Å²) < 4.78 is 5.05. The molecule has 2 N–H and O–H groups in total. The van der Waals surface area contributed by atoms with Crippen LogP contribution in [0.2, 0.25) is 0 Å². The van der Waals surface area contributed by atoms with Crippen LogP contribution in [-0.2, 0) is 4.79 Å². The van der Waals surface area contributed by atoms with Gasteiger partial charge in [0.2, 0.25) is 0 Å². The molecule has 2 rings (SSSR count). The highest BCUT2D eigenvalue weighted by atomic mass is 16.4. The summed E-state index contributed by atoms with van der Waals surface area (Å²) in [4.78, 5) is 11.2. The molecule has 0 aromatic carbocycles. The zero-order valence-electron chi connectivity index (χ0n) is 10.8. The van der Waals surface area contributed by atoms with Crippen molar-refractivity contribution in [3.05, 3.63) is 24.2 Å². The Morgan fingerprint density at radius 2 is 2.33 bits per heavy atom. The average Bonchev–Trinajstić information content (AvgIpc) is 2.90. The summed E-state index contributed by atoms with van der Waals surface area (Å²) in [7, 11) is 0. The maximum Gasteiger partial charge on any atom is 0.306 e. The molecule has 0 radical (unpaired) electrons. The van der Waals surface area contributed by atoms with Crippen molar-refractivity contribution in [2.45, 2.75) is 38.6 Å². The SMILES string of the molecule is CC(NCC1CCCCC1C(=O)O)c1ccoc1. The van der Waals surface area contributed by atoms with Crippen LogP contribution in [0.4, 0.5) is 0 Å². The molecule has 0 spiro atoms. The largest absolute Gasteiger partial charge is 0.481 e. The van der Waals surface area contributed by atoms with Gasteiger partial charge in [-0.25, -0.2) is 0 Å². The van der Waals surface area contributed by atoms with Crippen LogP contribution in [0.5, 0.6) is 0 Å². The molecule has 0 aliphatic heterocycles. The van der Waals surface area contributed by atoms with Crippen molar-refractivity contribution in [2.75, 3.05) is 6.54 Å². The third-order valence-electron chi connectivity index (χ3n) is 3.96. The van der Waals surface area contributed by atoms with Gasteiger partial charge in [-0.15, -0.1) is 0 Å². The number of carbonyl (C=O) groups is 1. The molecule has 18 heavy (non-hydrogen) atoms. The van der Waals surface area contributed by atoms with Crippen LogP contribution in [0.3, 0.4) is 0 Å². The maximum absolute atomic E-state index is 11.2. The second kappa shape index (κ2) is 6.05. The minimum absolute atomic E-state index is 0.178. The van der Waals surface area contributed by atoms with Gasteiger partial charge in [-0.3, -0.25) is 4.79 Å². The van der Waals surface area contributed by atoms with Crippen molar-refractivity contribution in [2.24, 2.45) is 11.8 Å². The van der Waals surface area contributed by atoms with Gasteiger partial charge in [-0.1, -0.05) is 12.8 Å². The molecule has 4 heteroatoms. The highest BCUT2D eigenvalue weighted by Gasteiger charge is 2.30. The van der Waals surface area contributed by atoms with Crippen LogP contribution in [-0.4, -0.2) is 17.6 Å². The molecule has 1 saturated carbocycles. The Kier molecular flexibility index (Phi) is 4.42. The first-order chi connectivity index (χ1) is 8.68. The fourth-order valence-electron chi connectivity index (χ4n) is 2.74. The normalized spacial score (nSPS) is 25.8. The summed E-state index contributed by atoms with van der Waals surface area (Å²) in [5.41, 5.74) is 1.11. The third kappa shape index (κ3) is 3.13. The lowest BCUT2D eigenvalue weighted by molar-refractivity contribution is -0.144. The molecule has 1 aliphatic carbocycles. The molecule has 100 valence electrons. The van der Waals surface area contributed by atoms with Gasteiger partial charge in [-0.2, -0.15) is 0 Å². The summed E-state index contributed by atoms with van der Waals surface area (Å²) in [6, 6.07) is 2.15. The predicted octanol–water partition coefficient (Wildman–Crippen LogP) is 2.82. The minimum Gasteiger partial charge on any atom is -0.481 e. The summed E-state index contributed by atoms with van der Waals surface area (Å²) in [6.45, 7) is 2.84. The van der Waals surface area contributed by atoms with E-state index in [0.717, 1.165) is 37.8 Å². The van der Waals surface area contributed by atoms with Gasteiger partial charge in [0.1, 0.15) is 0 Å². The first-order valence-electron chi connectivity index (χ1n) is 6.66. The summed E-state index contributed by atoms with van der Waals surface area (Å²) in [5.74, 6) is -0.564. The standard InChI is InChI=1S/C14H21NO3/c1-10(12-6-7-18-9-12)15-8-11-4-2-3-5-13(11)14(16)17/h6-7,9-11,13,15H,2-5,8H2,1H3,(H,16,17). The molecule has 0 amide bonds. The maximum atomic E-state index is 11.2. The van der Waals surface area contributed by atoms with Crippen LogP contribution >= 0.6 is 0 Å². The van der Waals surface area contributed by atoms with E-state index in [-0.39, 0.29) is 17.9 Å². The number of furan rings is 1. The van der Waals surface area contributed by atoms with Gasteiger partial charge in [0, 0.05) is 11.6 Å². The first-order valence-corrected chi connectivity index (χ1v) is 6.66. The summed E-state index contributed by atoms with van der Waals surface area (Å²) in [5, 5.41) is 12.6. The molecule has 1 fully saturated rings. The van der Waals surface area contributed by atoms with Crippen molar-refractivity contribution < 1.29 is 14.3 Å². The summed E-state index contributed by atoms with van der Waals surface area (Å²) in [6.07, 6.45) is 7.42. The second-order valence-electron chi connectivity index (χ2n) is 5.18. The Labute approximate surface area is 107 Å². The molecule has 0 saturated heterocycles. The van der Waals surface area contributed by atoms with Gasteiger partial charge in [-0.05, 0) is 38.3 Å². The van der Waals surface area contributed by atoms with E-state index in [4.69, 9.17) is 4.42 Å². The fourth-order valence-corrected chi connectivity index (χ4v) is 2.74. The quantitative estimate of drug-likeness (QED) is 0.844. The average molecular weight is 251 g/mol. The Bertz CT molecular complexity index is 374. The van der Waals surface area contributed by atoms with E-state index in [1.165, 1.54) is 0 Å². The van der Waals surface area contributed by atoms with Crippen LogP contribution in [0.25, 0.3) is 0 Å². The smallest absolute Gasteiger partial charge is 0.306 e. The zero-order chi connectivity index (χ0) is 13.0. The fraction of sp³-hybridized carbons (Fsp3) is 0.643. The van der Waals surface area contributed by atoms with E-state index in [9.17, 15) is 9.90 Å². The molecule has 4 nitrogen and oxygen atoms in total. The van der Waals surface area contributed by atoms with E-state index in [0.29, 0.717) is 0 Å². The lowest BCUT2D eigenvalue weighted by atomic mass is 9.79. The molecule has 3 unspecified atom stereocenters. The molecule has 1 aromatic heterocycles. The Morgan fingerprint density at radius 3 is 3.00 bits per heavy atom. The van der Waals surface area contributed by atoms with Crippen LogP contribution in [0.1, 0.15) is 44.2 Å². The highest BCUT2D eigenvalue weighted by molar-refractivity contribution is 5.70. The number of carboxylic acid groups (broad SMARTS) is 1. The van der Waals surface area contributed by atoms with Crippen molar-refractivity contribution in [3.8, 4) is 0 Å². The van der Waals surface area contributed by atoms with Crippen molar-refractivity contribution in [1.29, 1.82) is 0 Å². The molecule has 1 aliphatic rings. The number of rotatable bonds is 5. The predicted molar refractivity (Wildman–Crippen MR) is 68.2 cm³/mol. The van der Waals surface area contributed by atoms with Gasteiger partial charge < -0.3 is 14.8 Å². The van der Waals surface area contributed by atoms with E-state index in [2.05, 4.69) is 12.2 Å². The summed E-state index contributed by atoms with van der Waals surface area (Å²) >= 11 is 0. The Hall–Kier alpha value is -1.29. The highest BCUT2D eigenvalue weighted by Crippen LogP contribution is 2.30. The van der Waals surface area contributed by atoms with Gasteiger partial charge >= 0.3 is 5.97 Å². The van der Waals surface area contributed by atoms with Crippen LogP contribution in [0.15, 0.2) is 23.0 Å². The third-order valence-corrected chi connectivity index (χ3v) is 3.96. The lowest BCUT2D eigenvalue weighted by Gasteiger charge is -2.29. The topological polar surface area (TPSA) is 62.5 Å². The number of hydrogen-bond donors (Lipinski definition) is 2. The minimum atomic E-state index is -0.641. The van der Waals surface area contributed by atoms with Crippen molar-refractivity contribution in [3.63, 3.8) is 0 Å². The van der Waals surface area contributed by atoms with E-state index in [1.54, 1.807) is 12.5 Å². The van der Waals surface area contributed by atoms with E-state index >= 15 is 0 Å². The molecule has 3 atom stereocenters. The Balaban J connectivity index is 1.86. The number of nitrogens with one attached hydrogen (secondary N) is 1. The van der Waals surface area contributed by atoms with E-state index < -0.39 is 5.97 Å². The number of aliphatic carboxylic acids is 1. The second-order valence-corrected chi connectivity index (χ2v) is 5.18. The number of carboxylic acids is 1.